The van der Waals surface area contributed by atoms with Crippen molar-refractivity contribution in [2.24, 2.45) is 5.92 Å². The smallest absolute Gasteiger partial charge is 0.227 e. The maximum atomic E-state index is 12.1. The Labute approximate surface area is 117 Å². The molecule has 0 radical (unpaired) electrons. The second-order valence-corrected chi connectivity index (χ2v) is 5.57. The van der Waals surface area contributed by atoms with Gasteiger partial charge in [-0.2, -0.15) is 0 Å². The normalized spacial score (nSPS) is 23.3. The third kappa shape index (κ3) is 5.47. The van der Waals surface area contributed by atoms with Crippen molar-refractivity contribution in [2.75, 3.05) is 39.9 Å². The number of rotatable bonds is 8. The number of hydrogen-bond acceptors (Lipinski definition) is 4. The lowest BCUT2D eigenvalue weighted by Gasteiger charge is -2.22. The molecule has 1 aliphatic rings. The highest BCUT2D eigenvalue weighted by Crippen LogP contribution is 2.13. The Kier molecular flexibility index (Phi) is 7.34. The van der Waals surface area contributed by atoms with E-state index in [4.69, 9.17) is 4.74 Å². The molecule has 0 aromatic carbocycles. The van der Waals surface area contributed by atoms with Crippen LogP contribution in [0.3, 0.4) is 0 Å². The van der Waals surface area contributed by atoms with Crippen molar-refractivity contribution in [2.45, 2.75) is 39.3 Å². The highest BCUT2D eigenvalue weighted by Gasteiger charge is 2.33. The summed E-state index contributed by atoms with van der Waals surface area (Å²) in [6.45, 7) is 10.1. The number of likely N-dealkylation sites (N-methyl/N-ethyl adjacent to an activating group) is 1. The third-order valence-electron chi connectivity index (χ3n) is 3.72. The average molecular weight is 271 g/mol. The molecule has 1 amide bonds. The third-order valence-corrected chi connectivity index (χ3v) is 3.72. The number of nitrogens with one attached hydrogen (secondary N) is 2. The van der Waals surface area contributed by atoms with E-state index in [9.17, 15) is 4.79 Å². The molecule has 0 aromatic rings. The van der Waals surface area contributed by atoms with E-state index in [-0.39, 0.29) is 17.9 Å². The summed E-state index contributed by atoms with van der Waals surface area (Å²) < 4.78 is 5.42. The lowest BCUT2D eigenvalue weighted by molar-refractivity contribution is -0.125. The number of amides is 1. The predicted octanol–water partition coefficient (Wildman–Crippen LogP) is 0.457. The van der Waals surface area contributed by atoms with Gasteiger partial charge in [-0.1, -0.05) is 6.92 Å². The van der Waals surface area contributed by atoms with Gasteiger partial charge in [0.25, 0.3) is 0 Å². The van der Waals surface area contributed by atoms with Gasteiger partial charge in [0.05, 0.1) is 19.1 Å². The first-order chi connectivity index (χ1) is 9.06. The first kappa shape index (κ1) is 16.4. The Hall–Kier alpha value is -0.650. The number of carbonyl (C=O) groups is 1. The Balaban J connectivity index is 2.28. The molecule has 0 bridgehead atoms. The largest absolute Gasteiger partial charge is 0.379 e. The summed E-state index contributed by atoms with van der Waals surface area (Å²) in [6.07, 6.45) is 1.07. The van der Waals surface area contributed by atoms with Gasteiger partial charge in [-0.05, 0) is 33.9 Å². The van der Waals surface area contributed by atoms with Crippen LogP contribution in [0.4, 0.5) is 0 Å². The van der Waals surface area contributed by atoms with Crippen molar-refractivity contribution in [3.05, 3.63) is 0 Å². The summed E-state index contributed by atoms with van der Waals surface area (Å²) in [6, 6.07) is 0.675. The second kappa shape index (κ2) is 8.51. The first-order valence-electron chi connectivity index (χ1n) is 7.35. The molecule has 5 heteroatoms. The van der Waals surface area contributed by atoms with E-state index in [0.717, 1.165) is 19.5 Å². The van der Waals surface area contributed by atoms with E-state index >= 15 is 0 Å². The SMILES string of the molecule is CCCNC1COCC1C(=O)NCCN(C)C(C)C. The van der Waals surface area contributed by atoms with E-state index in [2.05, 4.69) is 43.4 Å². The molecule has 1 fully saturated rings. The highest BCUT2D eigenvalue weighted by molar-refractivity contribution is 5.79. The Bertz CT molecular complexity index is 271. The van der Waals surface area contributed by atoms with Gasteiger partial charge in [0.1, 0.15) is 0 Å². The van der Waals surface area contributed by atoms with Crippen LogP contribution in [0.5, 0.6) is 0 Å². The molecule has 1 saturated heterocycles. The summed E-state index contributed by atoms with van der Waals surface area (Å²) >= 11 is 0. The van der Waals surface area contributed by atoms with Gasteiger partial charge in [0.2, 0.25) is 5.91 Å². The van der Waals surface area contributed by atoms with E-state index in [1.54, 1.807) is 0 Å². The molecule has 19 heavy (non-hydrogen) atoms. The molecule has 112 valence electrons. The topological polar surface area (TPSA) is 53.6 Å². The van der Waals surface area contributed by atoms with Crippen LogP contribution in [0, 0.1) is 5.92 Å². The van der Waals surface area contributed by atoms with E-state index in [1.807, 2.05) is 0 Å². The summed E-state index contributed by atoms with van der Waals surface area (Å²) in [5, 5.41) is 6.40. The molecule has 1 aliphatic heterocycles. The Morgan fingerprint density at radius 3 is 2.74 bits per heavy atom. The van der Waals surface area contributed by atoms with Crippen LogP contribution < -0.4 is 10.6 Å². The fourth-order valence-corrected chi connectivity index (χ4v) is 2.09. The van der Waals surface area contributed by atoms with Crippen molar-refractivity contribution < 1.29 is 9.53 Å². The van der Waals surface area contributed by atoms with Crippen LogP contribution in [-0.2, 0) is 9.53 Å². The minimum atomic E-state index is -0.0455. The van der Waals surface area contributed by atoms with E-state index < -0.39 is 0 Å². The molecule has 2 unspecified atom stereocenters. The number of ether oxygens (including phenoxy) is 1. The second-order valence-electron chi connectivity index (χ2n) is 5.57. The van der Waals surface area contributed by atoms with E-state index in [0.29, 0.717) is 25.8 Å². The van der Waals surface area contributed by atoms with Crippen molar-refractivity contribution in [1.82, 2.24) is 15.5 Å². The molecule has 0 saturated carbocycles. The fourth-order valence-electron chi connectivity index (χ4n) is 2.09. The van der Waals surface area contributed by atoms with Crippen molar-refractivity contribution in [3.63, 3.8) is 0 Å². The molecule has 0 aliphatic carbocycles. The average Bonchev–Trinajstić information content (AvgIpc) is 2.84. The standard InChI is InChI=1S/C14H29N3O2/c1-5-6-15-13-10-19-9-12(13)14(18)16-7-8-17(4)11(2)3/h11-13,15H,5-10H2,1-4H3,(H,16,18). The van der Waals surface area contributed by atoms with Crippen LogP contribution in [0.2, 0.25) is 0 Å². The first-order valence-corrected chi connectivity index (χ1v) is 7.35. The lowest BCUT2D eigenvalue weighted by atomic mass is 10.0. The van der Waals surface area contributed by atoms with Crippen LogP contribution in [-0.4, -0.2) is 62.8 Å². The molecule has 2 N–H and O–H groups in total. The van der Waals surface area contributed by atoms with Crippen LogP contribution in [0.15, 0.2) is 0 Å². The molecule has 1 rings (SSSR count). The molecule has 5 nitrogen and oxygen atoms in total. The van der Waals surface area contributed by atoms with Crippen molar-refractivity contribution in [1.29, 1.82) is 0 Å². The summed E-state index contributed by atoms with van der Waals surface area (Å²) in [7, 11) is 2.07. The molecular formula is C14H29N3O2. The maximum Gasteiger partial charge on any atom is 0.227 e. The molecule has 2 atom stereocenters. The Morgan fingerprint density at radius 1 is 1.37 bits per heavy atom. The van der Waals surface area contributed by atoms with Gasteiger partial charge in [0, 0.05) is 25.2 Å². The quantitative estimate of drug-likeness (QED) is 0.673. The van der Waals surface area contributed by atoms with Crippen LogP contribution in [0.25, 0.3) is 0 Å². The molecular weight excluding hydrogens is 242 g/mol. The zero-order valence-electron chi connectivity index (χ0n) is 12.7. The Morgan fingerprint density at radius 2 is 2.11 bits per heavy atom. The summed E-state index contributed by atoms with van der Waals surface area (Å²) in [5.41, 5.74) is 0. The summed E-state index contributed by atoms with van der Waals surface area (Å²) in [5.74, 6) is 0.0687. The van der Waals surface area contributed by atoms with Gasteiger partial charge in [-0.25, -0.2) is 0 Å². The number of carbonyl (C=O) groups excluding carboxylic acids is 1. The van der Waals surface area contributed by atoms with Gasteiger partial charge < -0.3 is 20.3 Å². The zero-order valence-corrected chi connectivity index (χ0v) is 12.7. The maximum absolute atomic E-state index is 12.1. The number of hydrogen-bond donors (Lipinski definition) is 2. The monoisotopic (exact) mass is 271 g/mol. The van der Waals surface area contributed by atoms with Gasteiger partial charge in [-0.3, -0.25) is 4.79 Å². The van der Waals surface area contributed by atoms with E-state index in [1.165, 1.54) is 0 Å². The van der Waals surface area contributed by atoms with Gasteiger partial charge in [0.15, 0.2) is 0 Å². The molecule has 1 heterocycles. The zero-order chi connectivity index (χ0) is 14.3. The lowest BCUT2D eigenvalue weighted by Crippen LogP contribution is -2.46. The minimum absolute atomic E-state index is 0.0455. The van der Waals surface area contributed by atoms with Gasteiger partial charge in [-0.15, -0.1) is 0 Å². The minimum Gasteiger partial charge on any atom is -0.379 e. The molecule has 0 spiro atoms. The van der Waals surface area contributed by atoms with Gasteiger partial charge >= 0.3 is 0 Å². The van der Waals surface area contributed by atoms with Crippen LogP contribution >= 0.6 is 0 Å². The van der Waals surface area contributed by atoms with Crippen LogP contribution in [0.1, 0.15) is 27.2 Å². The predicted molar refractivity (Wildman–Crippen MR) is 77.2 cm³/mol. The highest BCUT2D eigenvalue weighted by atomic mass is 16.5. The summed E-state index contributed by atoms with van der Waals surface area (Å²) in [4.78, 5) is 14.3. The fraction of sp³-hybridized carbons (Fsp3) is 0.929. The number of nitrogens with zero attached hydrogens (tertiary/aromatic N) is 1. The molecule has 0 aromatic heterocycles. The van der Waals surface area contributed by atoms with Crippen molar-refractivity contribution in [3.8, 4) is 0 Å². The van der Waals surface area contributed by atoms with Crippen molar-refractivity contribution >= 4 is 5.91 Å².